The second kappa shape index (κ2) is 5.74. The van der Waals surface area contributed by atoms with Crippen LogP contribution < -0.4 is 0 Å². The van der Waals surface area contributed by atoms with E-state index >= 15 is 0 Å². The van der Waals surface area contributed by atoms with Crippen LogP contribution in [0.1, 0.15) is 40.0 Å². The van der Waals surface area contributed by atoms with E-state index in [2.05, 4.69) is 20.8 Å². The highest BCUT2D eigenvalue weighted by molar-refractivity contribution is 8.01. The second-order valence-corrected chi connectivity index (χ2v) is 8.67. The molecule has 0 N–H and O–H groups in total. The maximum atomic E-state index is 12.3. The van der Waals surface area contributed by atoms with E-state index in [1.807, 2.05) is 19.0 Å². The van der Waals surface area contributed by atoms with E-state index in [9.17, 15) is 4.79 Å². The predicted molar refractivity (Wildman–Crippen MR) is 80.4 cm³/mol. The van der Waals surface area contributed by atoms with Gasteiger partial charge in [0, 0.05) is 4.75 Å². The normalized spacial score (nSPS) is 38.0. The molecule has 0 aromatic carbocycles. The Hall–Kier alpha value is -0.0600. The van der Waals surface area contributed by atoms with Crippen molar-refractivity contribution in [2.45, 2.75) is 56.3 Å². The lowest BCUT2D eigenvalue weighted by molar-refractivity contribution is -0.134. The van der Waals surface area contributed by atoms with Crippen LogP contribution >= 0.6 is 11.8 Å². The van der Waals surface area contributed by atoms with E-state index in [1.54, 1.807) is 11.8 Å². The van der Waals surface area contributed by atoms with Gasteiger partial charge in [-0.15, -0.1) is 11.8 Å². The van der Waals surface area contributed by atoms with Crippen LogP contribution in [0.2, 0.25) is 0 Å². The highest BCUT2D eigenvalue weighted by Crippen LogP contribution is 2.50. The lowest BCUT2D eigenvalue weighted by Crippen LogP contribution is -2.51. The number of hydrogen-bond donors (Lipinski definition) is 0. The van der Waals surface area contributed by atoms with Gasteiger partial charge in [0.1, 0.15) is 0 Å². The van der Waals surface area contributed by atoms with E-state index in [4.69, 9.17) is 4.74 Å². The number of rotatable bonds is 3. The van der Waals surface area contributed by atoms with Crippen LogP contribution in [-0.4, -0.2) is 47.6 Å². The lowest BCUT2D eigenvalue weighted by Gasteiger charge is -2.49. The van der Waals surface area contributed by atoms with Crippen molar-refractivity contribution in [3.63, 3.8) is 0 Å². The SMILES string of the molecule is C[C@@H]1CC[C@H]2[C@@H](C1)O[C@@H](C(=O)CN(C)C)SC2(C)C. The van der Waals surface area contributed by atoms with Gasteiger partial charge in [-0.25, -0.2) is 0 Å². The van der Waals surface area contributed by atoms with E-state index in [0.717, 1.165) is 12.3 Å². The number of nitrogens with zero attached hydrogens (tertiary/aromatic N) is 1. The molecule has 0 radical (unpaired) electrons. The zero-order chi connectivity index (χ0) is 14.2. The summed E-state index contributed by atoms with van der Waals surface area (Å²) in [4.78, 5) is 14.2. The van der Waals surface area contributed by atoms with Crippen molar-refractivity contribution in [1.82, 2.24) is 4.90 Å². The molecule has 0 amide bonds. The van der Waals surface area contributed by atoms with Crippen LogP contribution in [0.15, 0.2) is 0 Å². The number of Topliss-reactive ketones (excluding diaryl/α,β-unsaturated/α-hetero) is 1. The van der Waals surface area contributed by atoms with Crippen LogP contribution in [0, 0.1) is 11.8 Å². The van der Waals surface area contributed by atoms with Crippen molar-refractivity contribution in [2.24, 2.45) is 11.8 Å². The molecule has 1 aliphatic heterocycles. The molecule has 1 heterocycles. The van der Waals surface area contributed by atoms with Crippen LogP contribution in [0.5, 0.6) is 0 Å². The quantitative estimate of drug-likeness (QED) is 0.797. The summed E-state index contributed by atoms with van der Waals surface area (Å²) in [6, 6.07) is 0. The van der Waals surface area contributed by atoms with E-state index in [-0.39, 0.29) is 22.1 Å². The Morgan fingerprint density at radius 1 is 1.37 bits per heavy atom. The van der Waals surface area contributed by atoms with Gasteiger partial charge in [-0.2, -0.15) is 0 Å². The molecule has 110 valence electrons. The molecule has 3 nitrogen and oxygen atoms in total. The zero-order valence-electron chi connectivity index (χ0n) is 12.8. The van der Waals surface area contributed by atoms with Crippen LogP contribution in [0.4, 0.5) is 0 Å². The Morgan fingerprint density at radius 2 is 2.05 bits per heavy atom. The molecular weight excluding hydrogens is 258 g/mol. The standard InChI is InChI=1S/C15H27NO2S/c1-10-6-7-11-13(8-10)18-14(19-15(11,2)3)12(17)9-16(4)5/h10-11,13-14H,6-9H2,1-5H3/t10-,11+,13-,14-/m1/s1. The van der Waals surface area contributed by atoms with Crippen molar-refractivity contribution in [3.8, 4) is 0 Å². The lowest BCUT2D eigenvalue weighted by atomic mass is 9.75. The minimum absolute atomic E-state index is 0.149. The molecule has 1 aliphatic carbocycles. The smallest absolute Gasteiger partial charge is 0.185 e. The average molecular weight is 285 g/mol. The number of carbonyl (C=O) groups excluding carboxylic acids is 1. The van der Waals surface area contributed by atoms with Gasteiger partial charge in [0.15, 0.2) is 11.2 Å². The number of likely N-dealkylation sites (N-methyl/N-ethyl adjacent to an activating group) is 1. The summed E-state index contributed by atoms with van der Waals surface area (Å²) >= 11 is 1.73. The first-order valence-electron chi connectivity index (χ1n) is 7.30. The molecule has 0 bridgehead atoms. The van der Waals surface area contributed by atoms with Gasteiger partial charge in [-0.05, 0) is 38.8 Å². The van der Waals surface area contributed by atoms with E-state index in [1.165, 1.54) is 12.8 Å². The molecule has 0 unspecified atom stereocenters. The molecular formula is C15H27NO2S. The minimum atomic E-state index is -0.274. The van der Waals surface area contributed by atoms with E-state index < -0.39 is 0 Å². The molecule has 19 heavy (non-hydrogen) atoms. The largest absolute Gasteiger partial charge is 0.356 e. The van der Waals surface area contributed by atoms with Gasteiger partial charge in [0.05, 0.1) is 12.6 Å². The topological polar surface area (TPSA) is 29.5 Å². The summed E-state index contributed by atoms with van der Waals surface area (Å²) < 4.78 is 6.29. The average Bonchev–Trinajstić information content (AvgIpc) is 2.26. The maximum absolute atomic E-state index is 12.3. The molecule has 2 fully saturated rings. The van der Waals surface area contributed by atoms with Gasteiger partial charge in [-0.1, -0.05) is 27.2 Å². The summed E-state index contributed by atoms with van der Waals surface area (Å²) in [6.07, 6.45) is 3.92. The van der Waals surface area contributed by atoms with Gasteiger partial charge in [0.2, 0.25) is 0 Å². The predicted octanol–water partition coefficient (Wildman–Crippen LogP) is 2.79. The van der Waals surface area contributed by atoms with Crippen molar-refractivity contribution in [3.05, 3.63) is 0 Å². The molecule has 2 rings (SSSR count). The van der Waals surface area contributed by atoms with Crippen LogP contribution in [-0.2, 0) is 9.53 Å². The van der Waals surface area contributed by atoms with E-state index in [0.29, 0.717) is 12.5 Å². The summed E-state index contributed by atoms with van der Waals surface area (Å²) in [5.74, 6) is 1.53. The molecule has 0 aromatic rings. The third kappa shape index (κ3) is 3.53. The first-order chi connectivity index (χ1) is 8.79. The third-order valence-electron chi connectivity index (χ3n) is 4.39. The molecule has 4 atom stereocenters. The van der Waals surface area contributed by atoms with Crippen LogP contribution in [0.3, 0.4) is 0 Å². The highest BCUT2D eigenvalue weighted by Gasteiger charge is 2.47. The van der Waals surface area contributed by atoms with Gasteiger partial charge < -0.3 is 9.64 Å². The molecule has 2 aliphatic rings. The summed E-state index contributed by atoms with van der Waals surface area (Å²) in [7, 11) is 3.87. The first-order valence-corrected chi connectivity index (χ1v) is 8.18. The van der Waals surface area contributed by atoms with Gasteiger partial charge in [-0.3, -0.25) is 4.79 Å². The van der Waals surface area contributed by atoms with Crippen molar-refractivity contribution in [2.75, 3.05) is 20.6 Å². The summed E-state index contributed by atoms with van der Waals surface area (Å²) in [5.41, 5.74) is -0.274. The fourth-order valence-electron chi connectivity index (χ4n) is 3.35. The zero-order valence-corrected chi connectivity index (χ0v) is 13.6. The molecule has 1 saturated carbocycles. The number of ether oxygens (including phenoxy) is 1. The summed E-state index contributed by atoms with van der Waals surface area (Å²) in [6.45, 7) is 7.33. The Morgan fingerprint density at radius 3 is 2.68 bits per heavy atom. The second-order valence-electron chi connectivity index (χ2n) is 6.96. The number of fused-ring (bicyclic) bond motifs is 1. The van der Waals surface area contributed by atoms with Crippen LogP contribution in [0.25, 0.3) is 0 Å². The Labute approximate surface area is 121 Å². The first kappa shape index (κ1) is 15.3. The number of carbonyl (C=O) groups is 1. The third-order valence-corrected chi connectivity index (χ3v) is 5.89. The fraction of sp³-hybridized carbons (Fsp3) is 0.933. The molecule has 0 aromatic heterocycles. The minimum Gasteiger partial charge on any atom is -0.356 e. The van der Waals surface area contributed by atoms with Crippen molar-refractivity contribution >= 4 is 17.5 Å². The molecule has 0 spiro atoms. The number of thioether (sulfide) groups is 1. The van der Waals surface area contributed by atoms with Crippen molar-refractivity contribution < 1.29 is 9.53 Å². The Bertz CT molecular complexity index is 343. The fourth-order valence-corrected chi connectivity index (χ4v) is 4.75. The summed E-state index contributed by atoms with van der Waals surface area (Å²) in [5, 5.41) is 0. The number of hydrogen-bond acceptors (Lipinski definition) is 4. The van der Waals surface area contributed by atoms with Gasteiger partial charge >= 0.3 is 0 Å². The monoisotopic (exact) mass is 285 g/mol. The molecule has 4 heteroatoms. The van der Waals surface area contributed by atoms with Crippen molar-refractivity contribution in [1.29, 1.82) is 0 Å². The molecule has 1 saturated heterocycles. The Kier molecular flexibility index (Phi) is 4.63. The maximum Gasteiger partial charge on any atom is 0.185 e. The van der Waals surface area contributed by atoms with Gasteiger partial charge in [0.25, 0.3) is 0 Å². The Balaban J connectivity index is 2.07. The highest BCUT2D eigenvalue weighted by atomic mass is 32.2. The number of ketones is 1.